The van der Waals surface area contributed by atoms with Gasteiger partial charge in [-0.2, -0.15) is 0 Å². The van der Waals surface area contributed by atoms with Gasteiger partial charge in [0.1, 0.15) is 5.82 Å². The first kappa shape index (κ1) is 21.1. The van der Waals surface area contributed by atoms with Gasteiger partial charge in [-0.15, -0.1) is 0 Å². The van der Waals surface area contributed by atoms with Crippen LogP contribution in [0.2, 0.25) is 0 Å². The molecule has 0 aromatic carbocycles. The van der Waals surface area contributed by atoms with Crippen LogP contribution in [-0.4, -0.2) is 67.1 Å². The molecule has 1 atom stereocenters. The van der Waals surface area contributed by atoms with Crippen LogP contribution in [-0.2, 0) is 9.53 Å². The Balaban J connectivity index is 1.22. The van der Waals surface area contributed by atoms with Crippen molar-refractivity contribution in [3.8, 4) is 0 Å². The molecule has 30 heavy (non-hydrogen) atoms. The largest absolute Gasteiger partial charge is 0.376 e. The smallest absolute Gasteiger partial charge is 0.252 e. The zero-order valence-corrected chi connectivity index (χ0v) is 17.9. The highest BCUT2D eigenvalue weighted by Crippen LogP contribution is 2.27. The first-order chi connectivity index (χ1) is 14.7. The molecule has 7 nitrogen and oxygen atoms in total. The predicted octanol–water partition coefficient (Wildman–Crippen LogP) is 2.61. The number of rotatable bonds is 6. The van der Waals surface area contributed by atoms with Gasteiger partial charge in [-0.25, -0.2) is 4.98 Å². The SMILES string of the molecule is O=C(NCC1CCCO1)c1ccc(N2CCN(C(=O)CC3CCCCC3)CC2)nc1. The van der Waals surface area contributed by atoms with Crippen LogP contribution in [0.1, 0.15) is 61.7 Å². The van der Waals surface area contributed by atoms with Crippen LogP contribution in [0, 0.1) is 5.92 Å². The minimum atomic E-state index is -0.109. The molecule has 3 aliphatic rings. The van der Waals surface area contributed by atoms with Crippen molar-refractivity contribution < 1.29 is 14.3 Å². The lowest BCUT2D eigenvalue weighted by Crippen LogP contribution is -2.49. The fourth-order valence-corrected chi connectivity index (χ4v) is 4.77. The topological polar surface area (TPSA) is 74.8 Å². The number of carbonyl (C=O) groups is 2. The molecule has 0 spiro atoms. The van der Waals surface area contributed by atoms with Gasteiger partial charge in [0.05, 0.1) is 11.7 Å². The molecule has 2 aliphatic heterocycles. The molecule has 1 aromatic rings. The number of nitrogens with zero attached hydrogens (tertiary/aromatic N) is 3. The van der Waals surface area contributed by atoms with Gasteiger partial charge in [-0.05, 0) is 43.7 Å². The number of nitrogens with one attached hydrogen (secondary N) is 1. The first-order valence-corrected chi connectivity index (χ1v) is 11.6. The third-order valence-electron chi connectivity index (χ3n) is 6.67. The van der Waals surface area contributed by atoms with Crippen LogP contribution >= 0.6 is 0 Å². The number of carbonyl (C=O) groups excluding carboxylic acids is 2. The van der Waals surface area contributed by atoms with E-state index >= 15 is 0 Å². The molecule has 3 fully saturated rings. The molecule has 1 unspecified atom stereocenters. The van der Waals surface area contributed by atoms with E-state index in [1.165, 1.54) is 32.1 Å². The van der Waals surface area contributed by atoms with E-state index in [1.54, 1.807) is 6.20 Å². The number of hydrogen-bond acceptors (Lipinski definition) is 5. The van der Waals surface area contributed by atoms with Crippen molar-refractivity contribution in [3.05, 3.63) is 23.9 Å². The molecule has 2 amide bonds. The molecule has 0 bridgehead atoms. The van der Waals surface area contributed by atoms with Gasteiger partial charge in [0.25, 0.3) is 5.91 Å². The van der Waals surface area contributed by atoms with Gasteiger partial charge in [-0.1, -0.05) is 19.3 Å². The van der Waals surface area contributed by atoms with Crippen molar-refractivity contribution in [2.45, 2.75) is 57.5 Å². The van der Waals surface area contributed by atoms with Crippen LogP contribution in [0.4, 0.5) is 5.82 Å². The number of aromatic nitrogens is 1. The van der Waals surface area contributed by atoms with E-state index in [2.05, 4.69) is 15.2 Å². The maximum atomic E-state index is 12.6. The molecule has 4 rings (SSSR count). The number of hydrogen-bond donors (Lipinski definition) is 1. The Hall–Kier alpha value is -2.15. The van der Waals surface area contributed by atoms with E-state index in [1.807, 2.05) is 17.0 Å². The Morgan fingerprint density at radius 1 is 1.03 bits per heavy atom. The Bertz CT molecular complexity index is 704. The maximum absolute atomic E-state index is 12.6. The lowest BCUT2D eigenvalue weighted by molar-refractivity contribution is -0.132. The molecule has 7 heteroatoms. The molecule has 2 saturated heterocycles. The summed E-state index contributed by atoms with van der Waals surface area (Å²) in [7, 11) is 0. The fraction of sp³-hybridized carbons (Fsp3) is 0.696. The molecule has 1 aliphatic carbocycles. The summed E-state index contributed by atoms with van der Waals surface area (Å²) < 4.78 is 5.54. The third kappa shape index (κ3) is 5.50. The van der Waals surface area contributed by atoms with E-state index in [0.717, 1.165) is 51.4 Å². The monoisotopic (exact) mass is 414 g/mol. The van der Waals surface area contributed by atoms with Gasteiger partial charge in [0.2, 0.25) is 5.91 Å². The van der Waals surface area contributed by atoms with Gasteiger partial charge >= 0.3 is 0 Å². The van der Waals surface area contributed by atoms with Crippen LogP contribution in [0.3, 0.4) is 0 Å². The van der Waals surface area contributed by atoms with Gasteiger partial charge in [0.15, 0.2) is 0 Å². The van der Waals surface area contributed by atoms with Crippen molar-refractivity contribution in [1.82, 2.24) is 15.2 Å². The molecule has 164 valence electrons. The number of ether oxygens (including phenoxy) is 1. The Labute approximate surface area is 179 Å². The summed E-state index contributed by atoms with van der Waals surface area (Å²) in [5.41, 5.74) is 0.568. The average Bonchev–Trinajstić information content (AvgIpc) is 3.32. The Morgan fingerprint density at radius 2 is 1.83 bits per heavy atom. The molecule has 1 saturated carbocycles. The second-order valence-corrected chi connectivity index (χ2v) is 8.83. The number of pyridine rings is 1. The summed E-state index contributed by atoms with van der Waals surface area (Å²) in [6.45, 7) is 4.41. The minimum Gasteiger partial charge on any atom is -0.376 e. The highest BCUT2D eigenvalue weighted by atomic mass is 16.5. The standard InChI is InChI=1S/C23H34N4O3/c28-22(15-18-5-2-1-3-6-18)27-12-10-26(11-13-27)21-9-8-19(16-24-21)23(29)25-17-20-7-4-14-30-20/h8-9,16,18,20H,1-7,10-15,17H2,(H,25,29). The van der Waals surface area contributed by atoms with Crippen LogP contribution in [0.5, 0.6) is 0 Å². The van der Waals surface area contributed by atoms with Crippen molar-refractivity contribution >= 4 is 17.6 Å². The predicted molar refractivity (Wildman–Crippen MR) is 116 cm³/mol. The lowest BCUT2D eigenvalue weighted by Gasteiger charge is -2.36. The molecule has 1 N–H and O–H groups in total. The molecule has 3 heterocycles. The van der Waals surface area contributed by atoms with Crippen molar-refractivity contribution in [3.63, 3.8) is 0 Å². The first-order valence-electron chi connectivity index (χ1n) is 11.6. The maximum Gasteiger partial charge on any atom is 0.252 e. The number of anilines is 1. The zero-order chi connectivity index (χ0) is 20.8. The summed E-state index contributed by atoms with van der Waals surface area (Å²) >= 11 is 0. The quantitative estimate of drug-likeness (QED) is 0.775. The number of piperazine rings is 1. The summed E-state index contributed by atoms with van der Waals surface area (Å²) in [5, 5.41) is 2.93. The second kappa shape index (κ2) is 10.2. The molecule has 1 aromatic heterocycles. The van der Waals surface area contributed by atoms with Crippen molar-refractivity contribution in [2.24, 2.45) is 5.92 Å². The summed E-state index contributed by atoms with van der Waals surface area (Å²) in [6, 6.07) is 3.73. The van der Waals surface area contributed by atoms with E-state index in [0.29, 0.717) is 30.4 Å². The van der Waals surface area contributed by atoms with E-state index in [4.69, 9.17) is 4.74 Å². The average molecular weight is 415 g/mol. The van der Waals surface area contributed by atoms with E-state index in [-0.39, 0.29) is 12.0 Å². The van der Waals surface area contributed by atoms with Crippen LogP contribution in [0.15, 0.2) is 18.3 Å². The number of amides is 2. The van der Waals surface area contributed by atoms with Crippen LogP contribution < -0.4 is 10.2 Å². The highest BCUT2D eigenvalue weighted by Gasteiger charge is 2.25. The van der Waals surface area contributed by atoms with E-state index in [9.17, 15) is 9.59 Å². The summed E-state index contributed by atoms with van der Waals surface area (Å²) in [6.07, 6.45) is 10.9. The van der Waals surface area contributed by atoms with Gasteiger partial charge in [0, 0.05) is 51.9 Å². The van der Waals surface area contributed by atoms with E-state index < -0.39 is 0 Å². The fourth-order valence-electron chi connectivity index (χ4n) is 4.77. The van der Waals surface area contributed by atoms with Gasteiger partial charge in [-0.3, -0.25) is 9.59 Å². The second-order valence-electron chi connectivity index (χ2n) is 8.83. The van der Waals surface area contributed by atoms with Crippen LogP contribution in [0.25, 0.3) is 0 Å². The normalized spacial score (nSPS) is 22.9. The minimum absolute atomic E-state index is 0.109. The summed E-state index contributed by atoms with van der Waals surface area (Å²) in [4.78, 5) is 33.6. The lowest BCUT2D eigenvalue weighted by atomic mass is 9.86. The zero-order valence-electron chi connectivity index (χ0n) is 17.9. The molecular weight excluding hydrogens is 380 g/mol. The third-order valence-corrected chi connectivity index (χ3v) is 6.67. The Kier molecular flexibility index (Phi) is 7.20. The highest BCUT2D eigenvalue weighted by molar-refractivity contribution is 5.94. The molecular formula is C23H34N4O3. The molecule has 0 radical (unpaired) electrons. The van der Waals surface area contributed by atoms with Gasteiger partial charge < -0.3 is 19.9 Å². The van der Waals surface area contributed by atoms with Crippen molar-refractivity contribution in [2.75, 3.05) is 44.2 Å². The van der Waals surface area contributed by atoms with Crippen molar-refractivity contribution in [1.29, 1.82) is 0 Å². The Morgan fingerprint density at radius 3 is 2.50 bits per heavy atom. The summed E-state index contributed by atoms with van der Waals surface area (Å²) in [5.74, 6) is 1.66.